The van der Waals surface area contributed by atoms with Crippen molar-refractivity contribution < 1.29 is 22.9 Å². The lowest BCUT2D eigenvalue weighted by Gasteiger charge is -2.08. The van der Waals surface area contributed by atoms with Crippen molar-refractivity contribution in [3.05, 3.63) is 82.5 Å². The van der Waals surface area contributed by atoms with E-state index in [9.17, 15) is 23.3 Å². The molecule has 1 aromatic heterocycles. The maximum Gasteiger partial charge on any atom is 0.293 e. The zero-order chi connectivity index (χ0) is 24.5. The molecule has 0 saturated carbocycles. The highest BCUT2D eigenvalue weighted by Crippen LogP contribution is 2.34. The Morgan fingerprint density at radius 1 is 1.09 bits per heavy atom. The highest BCUT2D eigenvalue weighted by Gasteiger charge is 2.23. The molecule has 5 N–H and O–H groups in total. The van der Waals surface area contributed by atoms with Crippen LogP contribution in [0.2, 0.25) is 0 Å². The van der Waals surface area contributed by atoms with Gasteiger partial charge in [0, 0.05) is 28.5 Å². The van der Waals surface area contributed by atoms with Gasteiger partial charge in [-0.3, -0.25) is 14.9 Å². The Balaban J connectivity index is 1.70. The number of nitrogens with zero attached hydrogens (tertiary/aromatic N) is 1. The molecule has 34 heavy (non-hydrogen) atoms. The molecule has 0 atom stereocenters. The monoisotopic (exact) mass is 481 g/mol. The summed E-state index contributed by atoms with van der Waals surface area (Å²) in [6.07, 6.45) is 0. The summed E-state index contributed by atoms with van der Waals surface area (Å²) >= 11 is 0. The van der Waals surface area contributed by atoms with Gasteiger partial charge in [-0.05, 0) is 54.6 Å². The molecule has 0 spiro atoms. The molecule has 4 aromatic rings. The zero-order valence-corrected chi connectivity index (χ0v) is 18.5. The molecule has 11 nitrogen and oxygen atoms in total. The summed E-state index contributed by atoms with van der Waals surface area (Å²) in [5.41, 5.74) is 7.02. The number of anilines is 3. The van der Waals surface area contributed by atoms with Crippen LogP contribution in [0.15, 0.2) is 71.6 Å². The van der Waals surface area contributed by atoms with Crippen molar-refractivity contribution in [3.63, 3.8) is 0 Å². The Bertz CT molecular complexity index is 1510. The second kappa shape index (κ2) is 8.75. The molecular weight excluding hydrogens is 462 g/mol. The predicted octanol–water partition coefficient (Wildman–Crippen LogP) is 3.53. The van der Waals surface area contributed by atoms with E-state index >= 15 is 0 Å². The van der Waals surface area contributed by atoms with Crippen LogP contribution in [0, 0.1) is 10.1 Å². The molecular formula is C22H19N5O6S. The molecule has 0 aliphatic rings. The Morgan fingerprint density at radius 2 is 1.82 bits per heavy atom. The van der Waals surface area contributed by atoms with Gasteiger partial charge in [0.2, 0.25) is 0 Å². The van der Waals surface area contributed by atoms with Gasteiger partial charge in [0.05, 0.1) is 16.9 Å². The number of nitro benzene ring substituents is 1. The summed E-state index contributed by atoms with van der Waals surface area (Å²) in [6, 6.07) is 16.5. The van der Waals surface area contributed by atoms with Crippen molar-refractivity contribution in [2.24, 2.45) is 0 Å². The number of aromatic amines is 1. The van der Waals surface area contributed by atoms with E-state index < -0.39 is 20.9 Å². The highest BCUT2D eigenvalue weighted by molar-refractivity contribution is 7.90. The number of sulfonamides is 1. The van der Waals surface area contributed by atoms with Crippen molar-refractivity contribution in [3.8, 4) is 5.75 Å². The number of non-ortho nitro benzene ring substituents is 1. The maximum atomic E-state index is 12.8. The highest BCUT2D eigenvalue weighted by atomic mass is 32.2. The van der Waals surface area contributed by atoms with E-state index in [1.807, 2.05) is 4.72 Å². The van der Waals surface area contributed by atoms with Crippen LogP contribution in [0.25, 0.3) is 10.9 Å². The Labute approximate surface area is 193 Å². The van der Waals surface area contributed by atoms with Crippen molar-refractivity contribution >= 4 is 49.6 Å². The third kappa shape index (κ3) is 4.47. The first-order valence-corrected chi connectivity index (χ1v) is 11.3. The van der Waals surface area contributed by atoms with E-state index in [0.29, 0.717) is 28.2 Å². The number of benzene rings is 3. The van der Waals surface area contributed by atoms with Crippen molar-refractivity contribution in [1.29, 1.82) is 0 Å². The molecule has 1 amide bonds. The molecule has 0 aliphatic carbocycles. The number of hydrogen-bond acceptors (Lipinski definition) is 8. The molecule has 0 bridgehead atoms. The quantitative estimate of drug-likeness (QED) is 0.176. The van der Waals surface area contributed by atoms with Gasteiger partial charge in [0.1, 0.15) is 17.0 Å². The van der Waals surface area contributed by atoms with E-state index in [0.717, 1.165) is 0 Å². The Hall–Kier alpha value is -4.58. The second-order valence-electron chi connectivity index (χ2n) is 7.22. The number of hydrogen-bond donors (Lipinski definition) is 4. The number of nitrogens with two attached hydrogens (primary N) is 1. The van der Waals surface area contributed by atoms with Crippen molar-refractivity contribution in [2.45, 2.75) is 4.90 Å². The number of rotatable bonds is 7. The fourth-order valence-corrected chi connectivity index (χ4v) is 4.32. The number of fused-ring (bicyclic) bond motifs is 1. The topological polar surface area (TPSA) is 169 Å². The predicted molar refractivity (Wildman–Crippen MR) is 127 cm³/mol. The van der Waals surface area contributed by atoms with Gasteiger partial charge in [0.25, 0.3) is 21.6 Å². The number of amides is 1. The van der Waals surface area contributed by atoms with Gasteiger partial charge in [-0.15, -0.1) is 0 Å². The maximum absolute atomic E-state index is 12.8. The number of ether oxygens (including phenoxy) is 1. The van der Waals surface area contributed by atoms with Gasteiger partial charge in [-0.2, -0.15) is 0 Å². The van der Waals surface area contributed by atoms with E-state index in [2.05, 4.69) is 10.3 Å². The third-order valence-electron chi connectivity index (χ3n) is 4.98. The number of H-pyrrole nitrogens is 1. The summed E-state index contributed by atoms with van der Waals surface area (Å²) in [5.74, 6) is -0.523. The van der Waals surface area contributed by atoms with E-state index in [1.165, 1.54) is 49.6 Å². The van der Waals surface area contributed by atoms with Crippen LogP contribution in [-0.2, 0) is 10.0 Å². The number of nitrogen functional groups attached to an aromatic ring is 1. The van der Waals surface area contributed by atoms with Crippen LogP contribution in [-0.4, -0.2) is 31.3 Å². The van der Waals surface area contributed by atoms with Crippen LogP contribution < -0.4 is 20.5 Å². The Kier molecular flexibility index (Phi) is 5.82. The van der Waals surface area contributed by atoms with Gasteiger partial charge in [-0.1, -0.05) is 6.07 Å². The molecule has 0 saturated heterocycles. The molecule has 0 unspecified atom stereocenters. The van der Waals surface area contributed by atoms with Crippen LogP contribution in [0.4, 0.5) is 22.7 Å². The number of aromatic nitrogens is 1. The number of nitrogens with one attached hydrogen (secondary N) is 3. The lowest BCUT2D eigenvalue weighted by molar-refractivity contribution is -0.383. The van der Waals surface area contributed by atoms with Gasteiger partial charge in [0.15, 0.2) is 0 Å². The second-order valence-corrected chi connectivity index (χ2v) is 8.90. The average molecular weight is 481 g/mol. The molecule has 1 heterocycles. The molecule has 12 heteroatoms. The van der Waals surface area contributed by atoms with E-state index in [1.54, 1.807) is 24.3 Å². The van der Waals surface area contributed by atoms with E-state index in [4.69, 9.17) is 10.5 Å². The van der Waals surface area contributed by atoms with Gasteiger partial charge < -0.3 is 20.8 Å². The smallest absolute Gasteiger partial charge is 0.293 e. The minimum atomic E-state index is -4.20. The first-order valence-electron chi connectivity index (χ1n) is 9.82. The average Bonchev–Trinajstić information content (AvgIpc) is 3.25. The van der Waals surface area contributed by atoms with Crippen molar-refractivity contribution in [2.75, 3.05) is 18.2 Å². The molecule has 0 fully saturated rings. The number of carbonyl (C=O) groups excluding carboxylic acids is 1. The minimum absolute atomic E-state index is 0.0610. The molecule has 0 aliphatic heterocycles. The molecule has 4 rings (SSSR count). The van der Waals surface area contributed by atoms with E-state index in [-0.39, 0.29) is 21.8 Å². The normalized spacial score (nSPS) is 11.2. The first-order chi connectivity index (χ1) is 16.2. The largest absolute Gasteiger partial charge is 0.497 e. The van der Waals surface area contributed by atoms with Crippen LogP contribution in [0.1, 0.15) is 10.5 Å². The lowest BCUT2D eigenvalue weighted by atomic mass is 10.1. The minimum Gasteiger partial charge on any atom is -0.497 e. The summed E-state index contributed by atoms with van der Waals surface area (Å²) in [4.78, 5) is 26.2. The van der Waals surface area contributed by atoms with Crippen LogP contribution >= 0.6 is 0 Å². The standard InChI is InChI=1S/C22H19N5O6S/c1-33-15-5-7-16(8-6-15)34(31,32)26-22(28)19-12-17-18(24-14-4-2-3-13(23)11-14)9-10-20(27(29)30)21(17)25-19/h2-12,24-25H,23H2,1H3,(H,26,28). The summed E-state index contributed by atoms with van der Waals surface area (Å²) in [5, 5.41) is 14.9. The first kappa shape index (κ1) is 22.6. The van der Waals surface area contributed by atoms with Gasteiger partial charge in [-0.25, -0.2) is 13.1 Å². The summed E-state index contributed by atoms with van der Waals surface area (Å²) < 4.78 is 32.2. The zero-order valence-electron chi connectivity index (χ0n) is 17.7. The summed E-state index contributed by atoms with van der Waals surface area (Å²) in [7, 11) is -2.76. The summed E-state index contributed by atoms with van der Waals surface area (Å²) in [6.45, 7) is 0. The number of nitro groups is 1. The number of methoxy groups -OCH3 is 1. The van der Waals surface area contributed by atoms with Crippen LogP contribution in [0.3, 0.4) is 0 Å². The van der Waals surface area contributed by atoms with Crippen molar-refractivity contribution in [1.82, 2.24) is 9.71 Å². The fraction of sp³-hybridized carbons (Fsp3) is 0.0455. The molecule has 0 radical (unpaired) electrons. The lowest BCUT2D eigenvalue weighted by Crippen LogP contribution is -2.30. The molecule has 3 aromatic carbocycles. The fourth-order valence-electron chi connectivity index (χ4n) is 3.35. The Morgan fingerprint density at radius 3 is 2.47 bits per heavy atom. The number of carbonyl (C=O) groups is 1. The van der Waals surface area contributed by atoms with Crippen LogP contribution in [0.5, 0.6) is 5.75 Å². The van der Waals surface area contributed by atoms with Gasteiger partial charge >= 0.3 is 0 Å². The third-order valence-corrected chi connectivity index (χ3v) is 6.32. The SMILES string of the molecule is COc1ccc(S(=O)(=O)NC(=O)c2cc3c(Nc4cccc(N)c4)ccc([N+](=O)[O-])c3[nH]2)cc1. The molecule has 174 valence electrons.